The van der Waals surface area contributed by atoms with Gasteiger partial charge < -0.3 is 10.1 Å². The van der Waals surface area contributed by atoms with Crippen LogP contribution >= 0.6 is 22.9 Å². The average Bonchev–Trinajstić information content (AvgIpc) is 2.59. The number of nitrogens with zero attached hydrogens (tertiary/aromatic N) is 1. The Bertz CT molecular complexity index is 333. The van der Waals surface area contributed by atoms with Gasteiger partial charge >= 0.3 is 0 Å². The van der Waals surface area contributed by atoms with E-state index in [1.807, 2.05) is 5.38 Å². The third-order valence-electron chi connectivity index (χ3n) is 3.12. The molecule has 1 saturated carbocycles. The van der Waals surface area contributed by atoms with Crippen molar-refractivity contribution < 1.29 is 4.74 Å². The van der Waals surface area contributed by atoms with Crippen LogP contribution in [0.2, 0.25) is 4.47 Å². The van der Waals surface area contributed by atoms with Gasteiger partial charge in [0, 0.05) is 11.9 Å². The van der Waals surface area contributed by atoms with E-state index in [-0.39, 0.29) is 0 Å². The van der Waals surface area contributed by atoms with Crippen LogP contribution < -0.4 is 5.32 Å². The smallest absolute Gasteiger partial charge is 0.185 e. The van der Waals surface area contributed by atoms with E-state index in [1.165, 1.54) is 11.3 Å². The van der Waals surface area contributed by atoms with Gasteiger partial charge in [-0.15, -0.1) is 11.3 Å². The van der Waals surface area contributed by atoms with Gasteiger partial charge in [-0.05, 0) is 17.8 Å². The van der Waals surface area contributed by atoms with Crippen molar-refractivity contribution in [3.63, 3.8) is 0 Å². The van der Waals surface area contributed by atoms with Crippen LogP contribution in [0.5, 0.6) is 0 Å². The normalized spacial score (nSPS) is 34.2. The minimum atomic E-state index is 0.604. The van der Waals surface area contributed by atoms with E-state index in [0.29, 0.717) is 4.47 Å². The van der Waals surface area contributed by atoms with Gasteiger partial charge in [0.25, 0.3) is 0 Å². The molecular formula is C9H11ClN2OS. The van der Waals surface area contributed by atoms with Crippen LogP contribution in [-0.4, -0.2) is 24.7 Å². The molecule has 1 saturated heterocycles. The van der Waals surface area contributed by atoms with Gasteiger partial charge in [-0.25, -0.2) is 4.98 Å². The zero-order valence-electron chi connectivity index (χ0n) is 7.57. The zero-order chi connectivity index (χ0) is 9.54. The average molecular weight is 231 g/mol. The summed E-state index contributed by atoms with van der Waals surface area (Å²) in [7, 11) is 0. The van der Waals surface area contributed by atoms with Crippen LogP contribution in [0.4, 0.5) is 5.82 Å². The van der Waals surface area contributed by atoms with Crippen molar-refractivity contribution in [3.05, 3.63) is 9.85 Å². The summed E-state index contributed by atoms with van der Waals surface area (Å²) >= 11 is 7.20. The Morgan fingerprint density at radius 2 is 2.36 bits per heavy atom. The molecule has 2 fully saturated rings. The maximum Gasteiger partial charge on any atom is 0.185 e. The highest BCUT2D eigenvalue weighted by molar-refractivity contribution is 7.14. The Morgan fingerprint density at radius 3 is 3.00 bits per heavy atom. The molecule has 1 aliphatic heterocycles. The molecule has 2 unspecified atom stereocenters. The maximum absolute atomic E-state index is 5.73. The molecule has 0 amide bonds. The number of thiazole rings is 1. The van der Waals surface area contributed by atoms with E-state index in [1.54, 1.807) is 0 Å². The third kappa shape index (κ3) is 1.51. The number of rotatable bonds is 3. The monoisotopic (exact) mass is 230 g/mol. The molecule has 2 heterocycles. The van der Waals surface area contributed by atoms with Crippen LogP contribution in [0.15, 0.2) is 5.38 Å². The quantitative estimate of drug-likeness (QED) is 0.864. The lowest BCUT2D eigenvalue weighted by Crippen LogP contribution is -2.10. The predicted molar refractivity (Wildman–Crippen MR) is 56.9 cm³/mol. The van der Waals surface area contributed by atoms with E-state index in [2.05, 4.69) is 10.3 Å². The van der Waals surface area contributed by atoms with Crippen LogP contribution in [-0.2, 0) is 4.74 Å². The van der Waals surface area contributed by atoms with E-state index in [9.17, 15) is 0 Å². The molecule has 3 nitrogen and oxygen atoms in total. The first-order valence-electron chi connectivity index (χ1n) is 4.77. The Kier molecular flexibility index (Phi) is 2.15. The Hall–Kier alpha value is -0.320. The summed E-state index contributed by atoms with van der Waals surface area (Å²) in [6.07, 6.45) is 0. The second kappa shape index (κ2) is 3.36. The van der Waals surface area contributed by atoms with Gasteiger partial charge in [0.2, 0.25) is 0 Å². The summed E-state index contributed by atoms with van der Waals surface area (Å²) in [4.78, 5) is 4.15. The molecule has 1 aromatic rings. The van der Waals surface area contributed by atoms with Crippen molar-refractivity contribution in [2.24, 2.45) is 17.8 Å². The van der Waals surface area contributed by atoms with Crippen molar-refractivity contribution in [1.82, 2.24) is 4.98 Å². The van der Waals surface area contributed by atoms with Gasteiger partial charge in [0.15, 0.2) is 4.47 Å². The number of hydrogen-bond donors (Lipinski definition) is 1. The molecule has 1 aromatic heterocycles. The van der Waals surface area contributed by atoms with E-state index in [4.69, 9.17) is 16.3 Å². The summed E-state index contributed by atoms with van der Waals surface area (Å²) in [6.45, 7) is 2.92. The molecule has 76 valence electrons. The molecule has 2 aliphatic rings. The van der Waals surface area contributed by atoms with Gasteiger partial charge in [-0.1, -0.05) is 11.6 Å². The number of ether oxygens (including phenoxy) is 1. The fraction of sp³-hybridized carbons (Fsp3) is 0.667. The maximum atomic E-state index is 5.73. The summed E-state index contributed by atoms with van der Waals surface area (Å²) in [5.41, 5.74) is 0. The minimum absolute atomic E-state index is 0.604. The molecular weight excluding hydrogens is 220 g/mol. The lowest BCUT2D eigenvalue weighted by Gasteiger charge is -2.04. The molecule has 14 heavy (non-hydrogen) atoms. The van der Waals surface area contributed by atoms with Gasteiger partial charge in [0.1, 0.15) is 5.82 Å². The number of fused-ring (bicyclic) bond motifs is 1. The lowest BCUT2D eigenvalue weighted by molar-refractivity contribution is 0.153. The number of hydrogen-bond acceptors (Lipinski definition) is 4. The lowest BCUT2D eigenvalue weighted by atomic mass is 10.3. The van der Waals surface area contributed by atoms with Gasteiger partial charge in [-0.2, -0.15) is 0 Å². The first kappa shape index (κ1) is 8.95. The fourth-order valence-electron chi connectivity index (χ4n) is 2.22. The van der Waals surface area contributed by atoms with Crippen LogP contribution in [0, 0.1) is 17.8 Å². The van der Waals surface area contributed by atoms with Crippen molar-refractivity contribution in [2.45, 2.75) is 0 Å². The zero-order valence-corrected chi connectivity index (χ0v) is 9.14. The van der Waals surface area contributed by atoms with Gasteiger partial charge in [-0.3, -0.25) is 0 Å². The predicted octanol–water partition coefficient (Wildman–Crippen LogP) is 2.10. The van der Waals surface area contributed by atoms with Crippen molar-refractivity contribution >= 4 is 28.8 Å². The Morgan fingerprint density at radius 1 is 1.57 bits per heavy atom. The van der Waals surface area contributed by atoms with Gasteiger partial charge in [0.05, 0.1) is 13.2 Å². The standard InChI is InChI=1S/C9H11ClN2OS/c10-9-12-8(4-14-9)11-1-5-6-2-13-3-7(5)6/h4-7,11H,1-3H2. The summed E-state index contributed by atoms with van der Waals surface area (Å²) in [5, 5.41) is 5.27. The van der Waals surface area contributed by atoms with Crippen LogP contribution in [0.25, 0.3) is 0 Å². The summed E-state index contributed by atoms with van der Waals surface area (Å²) in [5.74, 6) is 3.31. The summed E-state index contributed by atoms with van der Waals surface area (Å²) < 4.78 is 5.93. The first-order chi connectivity index (χ1) is 6.84. The molecule has 0 bridgehead atoms. The molecule has 3 rings (SSSR count). The van der Waals surface area contributed by atoms with Crippen molar-refractivity contribution in [1.29, 1.82) is 0 Å². The highest BCUT2D eigenvalue weighted by atomic mass is 35.5. The molecule has 2 atom stereocenters. The molecule has 1 N–H and O–H groups in total. The van der Waals surface area contributed by atoms with E-state index < -0.39 is 0 Å². The number of halogens is 1. The second-order valence-corrected chi connectivity index (χ2v) is 5.34. The number of nitrogens with one attached hydrogen (secondary N) is 1. The number of anilines is 1. The first-order valence-corrected chi connectivity index (χ1v) is 6.03. The molecule has 0 aromatic carbocycles. The second-order valence-electron chi connectivity index (χ2n) is 3.90. The number of aromatic nitrogens is 1. The largest absolute Gasteiger partial charge is 0.381 e. The highest BCUT2D eigenvalue weighted by Gasteiger charge is 2.53. The Labute approximate surface area is 91.4 Å². The molecule has 5 heteroatoms. The SMILES string of the molecule is Clc1nc(NCC2C3COCC23)cs1. The van der Waals surface area contributed by atoms with Crippen molar-refractivity contribution in [3.8, 4) is 0 Å². The molecule has 0 radical (unpaired) electrons. The topological polar surface area (TPSA) is 34.2 Å². The van der Waals surface area contributed by atoms with Crippen molar-refractivity contribution in [2.75, 3.05) is 25.1 Å². The third-order valence-corrected chi connectivity index (χ3v) is 4.10. The minimum Gasteiger partial charge on any atom is -0.381 e. The van der Waals surface area contributed by atoms with E-state index in [0.717, 1.165) is 43.3 Å². The van der Waals surface area contributed by atoms with Crippen LogP contribution in [0.3, 0.4) is 0 Å². The molecule has 0 spiro atoms. The van der Waals surface area contributed by atoms with E-state index >= 15 is 0 Å². The molecule has 1 aliphatic carbocycles. The fourth-order valence-corrected chi connectivity index (χ4v) is 2.94. The Balaban J connectivity index is 1.51. The van der Waals surface area contributed by atoms with Crippen LogP contribution in [0.1, 0.15) is 0 Å². The summed E-state index contributed by atoms with van der Waals surface area (Å²) in [6, 6.07) is 0. The highest BCUT2D eigenvalue weighted by Crippen LogP contribution is 2.50.